The van der Waals surface area contributed by atoms with Crippen LogP contribution < -0.4 is 10.0 Å². The number of sulfonamides is 1. The molecule has 0 amide bonds. The molecule has 19 heavy (non-hydrogen) atoms. The van der Waals surface area contributed by atoms with Crippen molar-refractivity contribution in [1.82, 2.24) is 10.0 Å². The largest absolute Gasteiger partial charge is 0.314 e. The maximum absolute atomic E-state index is 12.2. The summed E-state index contributed by atoms with van der Waals surface area (Å²) in [5, 5.41) is 3.36. The molecule has 1 aromatic rings. The highest BCUT2D eigenvalue weighted by molar-refractivity contribution is 9.10. The summed E-state index contributed by atoms with van der Waals surface area (Å²) in [5.74, 6) is 0. The van der Waals surface area contributed by atoms with Crippen molar-refractivity contribution in [3.8, 4) is 0 Å². The zero-order valence-corrected chi connectivity index (χ0v) is 13.4. The van der Waals surface area contributed by atoms with Crippen LogP contribution in [0.3, 0.4) is 0 Å². The van der Waals surface area contributed by atoms with E-state index >= 15 is 0 Å². The fraction of sp³-hybridized carbons (Fsp3) is 0.538. The van der Waals surface area contributed by atoms with Crippen LogP contribution in [0.1, 0.15) is 24.8 Å². The molecule has 1 heterocycles. The summed E-state index contributed by atoms with van der Waals surface area (Å²) in [5.41, 5.74) is 1.03. The molecule has 0 bridgehead atoms. The highest BCUT2D eigenvalue weighted by Gasteiger charge is 2.19. The lowest BCUT2D eigenvalue weighted by Crippen LogP contribution is -2.30. The summed E-state index contributed by atoms with van der Waals surface area (Å²) in [7, 11) is -3.42. The van der Waals surface area contributed by atoms with E-state index in [1.54, 1.807) is 12.1 Å². The van der Waals surface area contributed by atoms with Crippen molar-refractivity contribution in [2.24, 2.45) is 0 Å². The minimum atomic E-state index is -3.42. The van der Waals surface area contributed by atoms with Crippen LogP contribution in [0, 0.1) is 6.92 Å². The molecule has 1 saturated heterocycles. The summed E-state index contributed by atoms with van der Waals surface area (Å²) >= 11 is 3.31. The quantitative estimate of drug-likeness (QED) is 0.858. The number of benzene rings is 1. The number of nitrogens with one attached hydrogen (secondary N) is 2. The van der Waals surface area contributed by atoms with E-state index in [1.807, 2.05) is 13.0 Å². The van der Waals surface area contributed by atoms with Gasteiger partial charge < -0.3 is 5.32 Å². The monoisotopic (exact) mass is 346 g/mol. The predicted octanol–water partition coefficient (Wildman–Crippen LogP) is 2.18. The van der Waals surface area contributed by atoms with Gasteiger partial charge in [0.05, 0.1) is 4.90 Å². The number of rotatable bonds is 5. The lowest BCUT2D eigenvalue weighted by Gasteiger charge is -2.12. The van der Waals surface area contributed by atoms with Crippen molar-refractivity contribution in [1.29, 1.82) is 0 Å². The van der Waals surface area contributed by atoms with Crippen molar-refractivity contribution in [3.63, 3.8) is 0 Å². The van der Waals surface area contributed by atoms with Crippen molar-refractivity contribution >= 4 is 26.0 Å². The van der Waals surface area contributed by atoms with Crippen LogP contribution >= 0.6 is 15.9 Å². The summed E-state index contributed by atoms with van der Waals surface area (Å²) in [4.78, 5) is 0.303. The molecule has 2 rings (SSSR count). The van der Waals surface area contributed by atoms with Gasteiger partial charge in [-0.1, -0.05) is 6.07 Å². The summed E-state index contributed by atoms with van der Waals surface area (Å²) in [6, 6.07) is 5.70. The fourth-order valence-electron chi connectivity index (χ4n) is 2.27. The van der Waals surface area contributed by atoms with Crippen LogP contribution in [0.5, 0.6) is 0 Å². The smallest absolute Gasteiger partial charge is 0.241 e. The normalized spacial score (nSPS) is 19.8. The molecular formula is C13H19BrN2O2S. The standard InChI is InChI=1S/C13H19BrN2O2S/c1-10-4-5-13(12(14)9-10)19(17,18)16-8-6-11-3-2-7-15-11/h4-5,9,11,15-16H,2-3,6-8H2,1H3/t11-/m0/s1. The average Bonchev–Trinajstić information content (AvgIpc) is 2.81. The molecule has 1 aliphatic heterocycles. The van der Waals surface area contributed by atoms with E-state index in [9.17, 15) is 8.42 Å². The maximum Gasteiger partial charge on any atom is 0.241 e. The Kier molecular flexibility index (Phi) is 5.00. The van der Waals surface area contributed by atoms with Gasteiger partial charge in [0, 0.05) is 17.1 Å². The maximum atomic E-state index is 12.2. The van der Waals surface area contributed by atoms with E-state index in [1.165, 1.54) is 6.42 Å². The third-order valence-corrected chi connectivity index (χ3v) is 5.76. The van der Waals surface area contributed by atoms with Crippen LogP contribution in [-0.2, 0) is 10.0 Å². The molecule has 106 valence electrons. The lowest BCUT2D eigenvalue weighted by atomic mass is 10.2. The number of hydrogen-bond acceptors (Lipinski definition) is 3. The molecule has 0 unspecified atom stereocenters. The van der Waals surface area contributed by atoms with Crippen LogP contribution in [0.15, 0.2) is 27.6 Å². The highest BCUT2D eigenvalue weighted by Crippen LogP contribution is 2.22. The third-order valence-electron chi connectivity index (χ3n) is 3.32. The van der Waals surface area contributed by atoms with Gasteiger partial charge in [-0.25, -0.2) is 13.1 Å². The van der Waals surface area contributed by atoms with Crippen molar-refractivity contribution < 1.29 is 8.42 Å². The first kappa shape index (κ1) is 15.0. The molecular weight excluding hydrogens is 328 g/mol. The molecule has 4 nitrogen and oxygen atoms in total. The predicted molar refractivity (Wildman–Crippen MR) is 79.7 cm³/mol. The van der Waals surface area contributed by atoms with Gasteiger partial charge in [-0.3, -0.25) is 0 Å². The van der Waals surface area contributed by atoms with Gasteiger partial charge in [-0.2, -0.15) is 0 Å². The second kappa shape index (κ2) is 6.35. The Bertz CT molecular complexity index is 540. The van der Waals surface area contributed by atoms with Crippen LogP contribution in [0.2, 0.25) is 0 Å². The molecule has 0 saturated carbocycles. The Morgan fingerprint density at radius 3 is 2.89 bits per heavy atom. The molecule has 1 fully saturated rings. The van der Waals surface area contributed by atoms with Crippen LogP contribution in [-0.4, -0.2) is 27.5 Å². The molecule has 0 aliphatic carbocycles. The lowest BCUT2D eigenvalue weighted by molar-refractivity contribution is 0.539. The van der Waals surface area contributed by atoms with Crippen LogP contribution in [0.25, 0.3) is 0 Å². The first-order valence-electron chi connectivity index (χ1n) is 6.48. The molecule has 2 N–H and O–H groups in total. The molecule has 6 heteroatoms. The van der Waals surface area contributed by atoms with E-state index < -0.39 is 10.0 Å². The Hall–Kier alpha value is -0.430. The van der Waals surface area contributed by atoms with Gasteiger partial charge in [0.25, 0.3) is 0 Å². The first-order valence-corrected chi connectivity index (χ1v) is 8.76. The number of aryl methyl sites for hydroxylation is 1. The topological polar surface area (TPSA) is 58.2 Å². The molecule has 0 radical (unpaired) electrons. The zero-order chi connectivity index (χ0) is 13.9. The fourth-order valence-corrected chi connectivity index (χ4v) is 4.51. The van der Waals surface area contributed by atoms with Crippen molar-refractivity contribution in [3.05, 3.63) is 28.2 Å². The second-order valence-electron chi connectivity index (χ2n) is 4.91. The van der Waals surface area contributed by atoms with Gasteiger partial charge in [-0.15, -0.1) is 0 Å². The van der Waals surface area contributed by atoms with Gasteiger partial charge in [0.1, 0.15) is 0 Å². The van der Waals surface area contributed by atoms with E-state index in [0.29, 0.717) is 22.0 Å². The second-order valence-corrected chi connectivity index (χ2v) is 7.50. The average molecular weight is 347 g/mol. The van der Waals surface area contributed by atoms with E-state index in [-0.39, 0.29) is 0 Å². The van der Waals surface area contributed by atoms with Gasteiger partial charge in [0.15, 0.2) is 0 Å². The van der Waals surface area contributed by atoms with E-state index in [0.717, 1.165) is 24.9 Å². The summed E-state index contributed by atoms with van der Waals surface area (Å²) in [6.45, 7) is 3.45. The highest BCUT2D eigenvalue weighted by atomic mass is 79.9. The van der Waals surface area contributed by atoms with Gasteiger partial charge >= 0.3 is 0 Å². The van der Waals surface area contributed by atoms with E-state index in [2.05, 4.69) is 26.0 Å². The molecule has 0 aromatic heterocycles. The summed E-state index contributed by atoms with van der Waals surface area (Å²) < 4.78 is 27.6. The minimum absolute atomic E-state index is 0.303. The SMILES string of the molecule is Cc1ccc(S(=O)(=O)NCC[C@@H]2CCCN2)c(Br)c1. The third kappa shape index (κ3) is 4.02. The van der Waals surface area contributed by atoms with Gasteiger partial charge in [-0.05, 0) is 66.4 Å². The molecule has 1 aromatic carbocycles. The Balaban J connectivity index is 1.97. The molecule has 1 atom stereocenters. The number of halogens is 1. The van der Waals surface area contributed by atoms with Crippen molar-refractivity contribution in [2.45, 2.75) is 37.1 Å². The molecule has 0 spiro atoms. The van der Waals surface area contributed by atoms with Gasteiger partial charge in [0.2, 0.25) is 10.0 Å². The van der Waals surface area contributed by atoms with Crippen LogP contribution in [0.4, 0.5) is 0 Å². The first-order chi connectivity index (χ1) is 8.99. The molecule has 1 aliphatic rings. The zero-order valence-electron chi connectivity index (χ0n) is 10.9. The Morgan fingerprint density at radius 1 is 1.47 bits per heavy atom. The number of hydrogen-bond donors (Lipinski definition) is 2. The minimum Gasteiger partial charge on any atom is -0.314 e. The van der Waals surface area contributed by atoms with E-state index in [4.69, 9.17) is 0 Å². The summed E-state index contributed by atoms with van der Waals surface area (Å²) in [6.07, 6.45) is 3.15. The Morgan fingerprint density at radius 2 is 2.26 bits per heavy atom. The van der Waals surface area contributed by atoms with Crippen molar-refractivity contribution in [2.75, 3.05) is 13.1 Å². The Labute approximate surface area is 123 Å².